The molecule has 0 bridgehead atoms. The Kier molecular flexibility index (Phi) is 46.3. The van der Waals surface area contributed by atoms with Crippen LogP contribution in [0.25, 0.3) is 0 Å². The number of carbonyl (C=O) groups is 7. The molecule has 0 unspecified atom stereocenters. The molecule has 1 N–H and O–H groups in total. The van der Waals surface area contributed by atoms with Gasteiger partial charge in [-0.15, -0.1) is 0 Å². The van der Waals surface area contributed by atoms with Gasteiger partial charge < -0.3 is 52.5 Å². The van der Waals surface area contributed by atoms with Gasteiger partial charge in [0.15, 0.2) is 43.1 Å². The van der Waals surface area contributed by atoms with Crippen molar-refractivity contribution in [3.8, 4) is 0 Å². The van der Waals surface area contributed by atoms with Crippen molar-refractivity contribution in [3.05, 3.63) is 0 Å². The first-order valence-corrected chi connectivity index (χ1v) is 34.6. The number of hydrogen-bond acceptors (Lipinski definition) is 18. The van der Waals surface area contributed by atoms with Crippen LogP contribution in [0.1, 0.15) is 318 Å². The first kappa shape index (κ1) is 78.2. The van der Waals surface area contributed by atoms with Crippen LogP contribution in [-0.4, -0.2) is 122 Å². The first-order chi connectivity index (χ1) is 41.7. The average molecular weight is 1230 g/mol. The second-order valence-electron chi connectivity index (χ2n) is 24.1. The van der Waals surface area contributed by atoms with Crippen LogP contribution in [0, 0.1) is 0 Å². The summed E-state index contributed by atoms with van der Waals surface area (Å²) in [6.45, 7) is 12.8. The van der Waals surface area contributed by atoms with E-state index < -0.39 is 116 Å². The number of hydrogen-bond donors (Lipinski definition) is 1. The summed E-state index contributed by atoms with van der Waals surface area (Å²) in [6, 6.07) is 0. The number of aliphatic hydroxyl groups excluding tert-OH is 1. The first-order valence-electron chi connectivity index (χ1n) is 34.6. The quantitative estimate of drug-likeness (QED) is 0.0339. The summed E-state index contributed by atoms with van der Waals surface area (Å²) in [7, 11) is 0. The van der Waals surface area contributed by atoms with Crippen LogP contribution < -0.4 is 0 Å². The second kappa shape index (κ2) is 50.9. The molecule has 0 aromatic rings. The molecule has 500 valence electrons. The molecule has 0 radical (unpaired) electrons. The van der Waals surface area contributed by atoms with E-state index in [2.05, 4.69) is 41.5 Å². The summed E-state index contributed by atoms with van der Waals surface area (Å²) in [4.78, 5) is 96.7. The van der Waals surface area contributed by atoms with Crippen LogP contribution in [0.3, 0.4) is 0 Å². The van der Waals surface area contributed by atoms with Crippen LogP contribution >= 0.6 is 0 Å². The zero-order valence-corrected chi connectivity index (χ0v) is 54.8. The number of aliphatic hydroxyl groups is 1. The van der Waals surface area contributed by atoms with Gasteiger partial charge in [0.05, 0.1) is 0 Å². The van der Waals surface area contributed by atoms with Crippen molar-refractivity contribution in [2.45, 2.75) is 380 Å². The molecule has 2 aliphatic heterocycles. The lowest BCUT2D eigenvalue weighted by Crippen LogP contribution is -2.67. The molecule has 86 heavy (non-hydrogen) atoms. The van der Waals surface area contributed by atoms with Gasteiger partial charge in [0.25, 0.3) is 0 Å². The van der Waals surface area contributed by atoms with Crippen molar-refractivity contribution >= 4 is 41.8 Å². The summed E-state index contributed by atoms with van der Waals surface area (Å²) in [5, 5.41) is 11.7. The largest absolute Gasteiger partial charge is 0.463 e. The zero-order chi connectivity index (χ0) is 63.0. The van der Waals surface area contributed by atoms with Gasteiger partial charge in [-0.05, 0) is 38.5 Å². The second-order valence-corrected chi connectivity index (χ2v) is 24.1. The predicted octanol–water partition coefficient (Wildman–Crippen LogP) is 15.0. The van der Waals surface area contributed by atoms with E-state index in [9.17, 15) is 38.7 Å². The molecule has 10 atom stereocenters. The Balaban J connectivity index is 2.86. The van der Waals surface area contributed by atoms with E-state index in [0.717, 1.165) is 200 Å². The summed E-state index contributed by atoms with van der Waals surface area (Å²) in [6.07, 6.45) is 16.0. The smallest absolute Gasteiger partial charge is 0.306 e. The van der Waals surface area contributed by atoms with Gasteiger partial charge >= 0.3 is 41.8 Å². The van der Waals surface area contributed by atoms with Crippen molar-refractivity contribution in [1.29, 1.82) is 0 Å². The summed E-state index contributed by atoms with van der Waals surface area (Å²) < 4.78 is 62.4. The molecular weight excluding hydrogens is 1100 g/mol. The Morgan fingerprint density at radius 3 is 0.907 bits per heavy atom. The maximum atomic E-state index is 14.3. The topological polar surface area (TPSA) is 232 Å². The normalized spacial score (nSPS) is 22.0. The third-order valence-corrected chi connectivity index (χ3v) is 16.1. The Bertz CT molecular complexity index is 1790. The molecule has 2 heterocycles. The summed E-state index contributed by atoms with van der Waals surface area (Å²) in [5.74, 6) is -4.66. The van der Waals surface area contributed by atoms with E-state index in [1.807, 2.05) is 0 Å². The molecule has 0 aromatic carbocycles. The highest BCUT2D eigenvalue weighted by atomic mass is 16.8. The number of rotatable bonds is 53. The number of unbranched alkanes of at least 4 members (excludes halogenated alkanes) is 30. The van der Waals surface area contributed by atoms with E-state index >= 15 is 0 Å². The lowest BCUT2D eigenvalue weighted by Gasteiger charge is -2.48. The van der Waals surface area contributed by atoms with E-state index in [1.54, 1.807) is 0 Å². The van der Waals surface area contributed by atoms with Crippen LogP contribution in [0.5, 0.6) is 0 Å². The Hall–Kier alpha value is -3.87. The summed E-state index contributed by atoms with van der Waals surface area (Å²) in [5.41, 5.74) is 0. The fourth-order valence-electron chi connectivity index (χ4n) is 11.0. The fraction of sp³-hybridized carbons (Fsp3) is 0.897. The van der Waals surface area contributed by atoms with E-state index in [4.69, 9.17) is 47.4 Å². The van der Waals surface area contributed by atoms with Gasteiger partial charge in [-0.2, -0.15) is 0 Å². The molecule has 0 aliphatic carbocycles. The Morgan fingerprint density at radius 2 is 0.570 bits per heavy atom. The number of ether oxygens (including phenoxy) is 10. The predicted molar refractivity (Wildman–Crippen MR) is 329 cm³/mol. The van der Waals surface area contributed by atoms with Crippen LogP contribution in [0.2, 0.25) is 0 Å². The van der Waals surface area contributed by atoms with Gasteiger partial charge in [-0.25, -0.2) is 0 Å². The number of carbonyl (C=O) groups excluding carboxylic acids is 7. The molecule has 0 spiro atoms. The Morgan fingerprint density at radius 1 is 0.302 bits per heavy atom. The lowest BCUT2D eigenvalue weighted by molar-refractivity contribution is -0.357. The van der Waals surface area contributed by atoms with Crippen molar-refractivity contribution in [2.75, 3.05) is 13.2 Å². The minimum absolute atomic E-state index is 0.0119. The van der Waals surface area contributed by atoms with Crippen LogP contribution in [0.15, 0.2) is 0 Å². The molecule has 2 fully saturated rings. The summed E-state index contributed by atoms with van der Waals surface area (Å²) >= 11 is 0. The fourth-order valence-corrected chi connectivity index (χ4v) is 11.0. The van der Waals surface area contributed by atoms with E-state index in [0.29, 0.717) is 38.5 Å². The Labute approximate surface area is 518 Å². The highest BCUT2D eigenvalue weighted by Crippen LogP contribution is 2.36. The molecule has 18 nitrogen and oxygen atoms in total. The highest BCUT2D eigenvalue weighted by molar-refractivity contribution is 5.72. The maximum absolute atomic E-state index is 14.3. The molecule has 2 aliphatic rings. The molecule has 18 heteroatoms. The monoisotopic (exact) mass is 1220 g/mol. The van der Waals surface area contributed by atoms with Crippen LogP contribution in [-0.2, 0) is 80.9 Å². The molecule has 0 amide bonds. The lowest BCUT2D eigenvalue weighted by atomic mass is 9.95. The zero-order valence-electron chi connectivity index (χ0n) is 54.8. The van der Waals surface area contributed by atoms with Crippen molar-refractivity contribution in [3.63, 3.8) is 0 Å². The van der Waals surface area contributed by atoms with Gasteiger partial charge in [-0.3, -0.25) is 33.6 Å². The van der Waals surface area contributed by atoms with Crippen molar-refractivity contribution < 1.29 is 86.0 Å². The van der Waals surface area contributed by atoms with Crippen LogP contribution in [0.4, 0.5) is 0 Å². The third kappa shape index (κ3) is 36.0. The van der Waals surface area contributed by atoms with E-state index in [-0.39, 0.29) is 38.5 Å². The minimum atomic E-state index is -1.92. The van der Waals surface area contributed by atoms with Gasteiger partial charge in [0.2, 0.25) is 0 Å². The molecular formula is C68H120O18. The average Bonchev–Trinajstić information content (AvgIpc) is 1.00. The molecule has 2 saturated heterocycles. The molecule has 0 aromatic heterocycles. The van der Waals surface area contributed by atoms with Gasteiger partial charge in [0.1, 0.15) is 31.5 Å². The SMILES string of the molecule is CCCCCCCCC(=O)OC[C@H]1O[C@@H](O)[C@H](OC(=O)CCCCCCCC)[C@@H](OC(C)=O)[C@@H]1O[C@@H]1O[C@H](COC(=O)CCCCCCCC)[C@@H](OC(=O)CCCCCCCC)[C@H](OC(=O)CCCCCCCC)[C@H]1OC(=O)CCCCCCCC. The molecule has 0 saturated carbocycles. The molecule has 2 rings (SSSR count). The maximum Gasteiger partial charge on any atom is 0.306 e. The third-order valence-electron chi connectivity index (χ3n) is 16.1. The number of esters is 7. The van der Waals surface area contributed by atoms with Gasteiger partial charge in [-0.1, -0.05) is 234 Å². The van der Waals surface area contributed by atoms with Crippen molar-refractivity contribution in [1.82, 2.24) is 0 Å². The minimum Gasteiger partial charge on any atom is -0.463 e. The van der Waals surface area contributed by atoms with Crippen molar-refractivity contribution in [2.24, 2.45) is 0 Å². The van der Waals surface area contributed by atoms with E-state index in [1.165, 1.54) is 0 Å². The highest BCUT2D eigenvalue weighted by Gasteiger charge is 2.57. The standard InChI is InChI=1S/C68H120O18/c1-8-14-20-26-32-38-44-55(70)77-50-53-62(63(79-52(7)69)65(67(76)80-53)84-59(74)48-42-36-30-24-18-12-5)86-68-66(85-60(75)49-43-37-31-25-19-13-6)64(83-58(73)47-41-35-29-23-17-11-4)61(82-57(72)46-40-34-28-22-16-10-3)54(81-68)51-78-56(71)45-39-33-27-21-15-9-2/h53-54,61-68,76H,8-51H2,1-7H3/t53-,54-,61-,62-,63+,64+,65-,66-,67-,68+/m1/s1. The van der Waals surface area contributed by atoms with Gasteiger partial charge in [0, 0.05) is 45.4 Å².